The molecule has 7 heteroatoms. The minimum Gasteiger partial charge on any atom is -0.356 e. The van der Waals surface area contributed by atoms with Crippen molar-refractivity contribution in [1.82, 2.24) is 20.5 Å². The lowest BCUT2D eigenvalue weighted by atomic mass is 10.1. The lowest BCUT2D eigenvalue weighted by Crippen LogP contribution is -2.39. The molecule has 162 valence electrons. The zero-order valence-corrected chi connectivity index (χ0v) is 18.7. The second-order valence-corrected chi connectivity index (χ2v) is 8.43. The maximum atomic E-state index is 12.1. The number of benzene rings is 2. The van der Waals surface area contributed by atoms with Crippen molar-refractivity contribution in [3.8, 4) is 11.3 Å². The molecule has 0 atom stereocenters. The number of nitrogens with zero attached hydrogens (tertiary/aromatic N) is 2. The molecule has 0 radical (unpaired) electrons. The summed E-state index contributed by atoms with van der Waals surface area (Å²) in [6, 6.07) is 17.9. The van der Waals surface area contributed by atoms with Crippen molar-refractivity contribution in [2.45, 2.75) is 26.3 Å². The Morgan fingerprint density at radius 2 is 1.71 bits per heavy atom. The van der Waals surface area contributed by atoms with Gasteiger partial charge in [0, 0.05) is 44.0 Å². The van der Waals surface area contributed by atoms with Gasteiger partial charge in [-0.1, -0.05) is 54.6 Å². The molecule has 2 N–H and O–H groups in total. The Morgan fingerprint density at radius 1 is 0.968 bits per heavy atom. The van der Waals surface area contributed by atoms with Crippen LogP contribution < -0.4 is 10.6 Å². The van der Waals surface area contributed by atoms with Crippen molar-refractivity contribution in [3.63, 3.8) is 0 Å². The van der Waals surface area contributed by atoms with E-state index in [0.29, 0.717) is 19.6 Å². The Morgan fingerprint density at radius 3 is 2.39 bits per heavy atom. The molecule has 0 saturated carbocycles. The third-order valence-electron chi connectivity index (χ3n) is 4.84. The SMILES string of the molecule is Cc1nc(-c2ccc(CCNC(=O)CCNC(=O)N(C)Cc3ccccc3)cc2)cs1. The number of nitrogens with one attached hydrogen (secondary N) is 2. The van der Waals surface area contributed by atoms with E-state index in [1.807, 2.05) is 37.3 Å². The molecule has 0 unspecified atom stereocenters. The van der Waals surface area contributed by atoms with E-state index in [2.05, 4.69) is 45.3 Å². The zero-order chi connectivity index (χ0) is 22.1. The lowest BCUT2D eigenvalue weighted by Gasteiger charge is -2.18. The highest BCUT2D eigenvalue weighted by atomic mass is 32.1. The maximum Gasteiger partial charge on any atom is 0.317 e. The van der Waals surface area contributed by atoms with Gasteiger partial charge in [0.05, 0.1) is 10.7 Å². The quantitative estimate of drug-likeness (QED) is 0.532. The second-order valence-electron chi connectivity index (χ2n) is 7.37. The molecular formula is C24H28N4O2S. The van der Waals surface area contributed by atoms with Crippen LogP contribution in [0.25, 0.3) is 11.3 Å². The van der Waals surface area contributed by atoms with Crippen LogP contribution in [-0.4, -0.2) is 42.0 Å². The fourth-order valence-corrected chi connectivity index (χ4v) is 3.74. The van der Waals surface area contributed by atoms with Crippen LogP contribution >= 0.6 is 11.3 Å². The highest BCUT2D eigenvalue weighted by Gasteiger charge is 2.09. The van der Waals surface area contributed by atoms with Crippen LogP contribution in [0.3, 0.4) is 0 Å². The lowest BCUT2D eigenvalue weighted by molar-refractivity contribution is -0.120. The normalized spacial score (nSPS) is 10.5. The van der Waals surface area contributed by atoms with E-state index >= 15 is 0 Å². The van der Waals surface area contributed by atoms with Gasteiger partial charge < -0.3 is 15.5 Å². The summed E-state index contributed by atoms with van der Waals surface area (Å²) in [6.45, 7) is 3.40. The molecule has 3 aromatic rings. The summed E-state index contributed by atoms with van der Waals surface area (Å²) in [5, 5.41) is 8.81. The Balaban J connectivity index is 1.31. The molecule has 6 nitrogen and oxygen atoms in total. The topological polar surface area (TPSA) is 74.3 Å². The van der Waals surface area contributed by atoms with Gasteiger partial charge in [-0.3, -0.25) is 4.79 Å². The number of hydrogen-bond donors (Lipinski definition) is 2. The molecule has 1 heterocycles. The van der Waals surface area contributed by atoms with Gasteiger partial charge in [0.1, 0.15) is 0 Å². The molecule has 3 rings (SSSR count). The first-order chi connectivity index (χ1) is 15.0. The van der Waals surface area contributed by atoms with Crippen molar-refractivity contribution in [2.24, 2.45) is 0 Å². The van der Waals surface area contributed by atoms with Gasteiger partial charge in [0.2, 0.25) is 5.91 Å². The van der Waals surface area contributed by atoms with E-state index in [1.165, 1.54) is 0 Å². The van der Waals surface area contributed by atoms with Gasteiger partial charge in [0.15, 0.2) is 0 Å². The van der Waals surface area contributed by atoms with Crippen molar-refractivity contribution in [1.29, 1.82) is 0 Å². The molecule has 3 amide bonds. The molecule has 0 aliphatic rings. The highest BCUT2D eigenvalue weighted by Crippen LogP contribution is 2.21. The van der Waals surface area contributed by atoms with Gasteiger partial charge >= 0.3 is 6.03 Å². The van der Waals surface area contributed by atoms with Gasteiger partial charge in [-0.25, -0.2) is 9.78 Å². The van der Waals surface area contributed by atoms with Crippen molar-refractivity contribution < 1.29 is 9.59 Å². The number of amides is 3. The molecule has 1 aromatic heterocycles. The van der Waals surface area contributed by atoms with E-state index < -0.39 is 0 Å². The molecule has 2 aromatic carbocycles. The van der Waals surface area contributed by atoms with Gasteiger partial charge in [-0.2, -0.15) is 0 Å². The number of rotatable bonds is 9. The minimum atomic E-state index is -0.188. The largest absolute Gasteiger partial charge is 0.356 e. The van der Waals surface area contributed by atoms with Crippen LogP contribution in [0, 0.1) is 6.92 Å². The fraction of sp³-hybridized carbons (Fsp3) is 0.292. The molecule has 0 aliphatic carbocycles. The predicted octanol–water partition coefficient (Wildman–Crippen LogP) is 4.01. The van der Waals surface area contributed by atoms with Crippen molar-refractivity contribution in [2.75, 3.05) is 20.1 Å². The Labute approximate surface area is 187 Å². The summed E-state index contributed by atoms with van der Waals surface area (Å²) in [5.41, 5.74) is 4.32. The third-order valence-corrected chi connectivity index (χ3v) is 5.62. The molecule has 31 heavy (non-hydrogen) atoms. The first-order valence-corrected chi connectivity index (χ1v) is 11.2. The number of hydrogen-bond acceptors (Lipinski definition) is 4. The van der Waals surface area contributed by atoms with E-state index in [4.69, 9.17) is 0 Å². The monoisotopic (exact) mass is 436 g/mol. The zero-order valence-electron chi connectivity index (χ0n) is 17.9. The summed E-state index contributed by atoms with van der Waals surface area (Å²) in [4.78, 5) is 30.3. The second kappa shape index (κ2) is 11.3. The number of carbonyl (C=O) groups is 2. The average molecular weight is 437 g/mol. The number of thiazole rings is 1. The van der Waals surface area contributed by atoms with Crippen LogP contribution in [0.5, 0.6) is 0 Å². The van der Waals surface area contributed by atoms with E-state index in [-0.39, 0.29) is 18.4 Å². The summed E-state index contributed by atoms with van der Waals surface area (Å²) < 4.78 is 0. The van der Waals surface area contributed by atoms with Crippen LogP contribution in [0.4, 0.5) is 4.79 Å². The molecule has 0 saturated heterocycles. The van der Waals surface area contributed by atoms with Gasteiger partial charge in [0.25, 0.3) is 0 Å². The smallest absolute Gasteiger partial charge is 0.317 e. The predicted molar refractivity (Wildman–Crippen MR) is 125 cm³/mol. The maximum absolute atomic E-state index is 12.1. The van der Waals surface area contributed by atoms with Crippen molar-refractivity contribution in [3.05, 3.63) is 76.1 Å². The summed E-state index contributed by atoms with van der Waals surface area (Å²) in [7, 11) is 1.74. The van der Waals surface area contributed by atoms with Crippen LogP contribution in [-0.2, 0) is 17.8 Å². The standard InChI is InChI=1S/C24H28N4O2S/c1-18-27-22(17-31-18)21-10-8-19(9-11-21)12-14-25-23(29)13-15-26-24(30)28(2)16-20-6-4-3-5-7-20/h3-11,17H,12-16H2,1-2H3,(H,25,29)(H,26,30). The molecular weight excluding hydrogens is 408 g/mol. The Hall–Kier alpha value is -3.19. The first-order valence-electron chi connectivity index (χ1n) is 10.3. The molecule has 0 fully saturated rings. The van der Waals surface area contributed by atoms with E-state index in [1.54, 1.807) is 23.3 Å². The molecule has 0 aliphatic heterocycles. The number of carbonyl (C=O) groups excluding carboxylic acids is 2. The molecule has 0 spiro atoms. The average Bonchev–Trinajstić information content (AvgIpc) is 3.21. The third kappa shape index (κ3) is 7.22. The summed E-state index contributed by atoms with van der Waals surface area (Å²) in [6.07, 6.45) is 1.02. The van der Waals surface area contributed by atoms with Crippen LogP contribution in [0.15, 0.2) is 60.0 Å². The highest BCUT2D eigenvalue weighted by molar-refractivity contribution is 7.09. The summed E-state index contributed by atoms with van der Waals surface area (Å²) in [5.74, 6) is -0.0689. The van der Waals surface area contributed by atoms with E-state index in [0.717, 1.165) is 33.8 Å². The van der Waals surface area contributed by atoms with Crippen LogP contribution in [0.1, 0.15) is 22.6 Å². The van der Waals surface area contributed by atoms with E-state index in [9.17, 15) is 9.59 Å². The number of aromatic nitrogens is 1. The first kappa shape index (κ1) is 22.5. The van der Waals surface area contributed by atoms with Crippen LogP contribution in [0.2, 0.25) is 0 Å². The fourth-order valence-electron chi connectivity index (χ4n) is 3.12. The van der Waals surface area contributed by atoms with Gasteiger partial charge in [-0.15, -0.1) is 11.3 Å². The minimum absolute atomic E-state index is 0.0689. The number of aryl methyl sites for hydroxylation is 1. The Bertz CT molecular complexity index is 986. The number of urea groups is 1. The van der Waals surface area contributed by atoms with Gasteiger partial charge in [-0.05, 0) is 24.5 Å². The van der Waals surface area contributed by atoms with Crippen molar-refractivity contribution >= 4 is 23.3 Å². The molecule has 0 bridgehead atoms. The summed E-state index contributed by atoms with van der Waals surface area (Å²) >= 11 is 1.64. The Kier molecular flexibility index (Phi) is 8.18.